The Bertz CT molecular complexity index is 234. The van der Waals surface area contributed by atoms with Crippen LogP contribution in [0.1, 0.15) is 39.0 Å². The van der Waals surface area contributed by atoms with E-state index in [4.69, 9.17) is 4.74 Å². The fourth-order valence-electron chi connectivity index (χ4n) is 1.53. The number of esters is 1. The first kappa shape index (κ1) is 17.2. The first-order valence-electron chi connectivity index (χ1n) is 6.44. The monoisotopic (exact) mass is 368 g/mol. The maximum Gasteiger partial charge on any atom is 0.330 e. The first-order chi connectivity index (χ1) is 7.95. The Morgan fingerprint density at radius 3 is 2.35 bits per heavy atom. The molecule has 0 aliphatic carbocycles. The number of hydrogen-bond donors (Lipinski definition) is 0. The largest absolute Gasteiger partial charge is 0.463 e. The summed E-state index contributed by atoms with van der Waals surface area (Å²) in [5.41, 5.74) is -0.864. The zero-order valence-corrected chi connectivity index (χ0v) is 14.5. The summed E-state index contributed by atoms with van der Waals surface area (Å²) in [6.07, 6.45) is 9.29. The summed E-state index contributed by atoms with van der Waals surface area (Å²) in [4.78, 5) is 11.0. The van der Waals surface area contributed by atoms with Gasteiger partial charge in [-0.15, -0.1) is 21.8 Å². The van der Waals surface area contributed by atoms with Gasteiger partial charge in [0.1, 0.15) is 5.57 Å². The number of allylic oxidation sites excluding steroid dienone is 1. The third-order valence-electron chi connectivity index (χ3n) is 2.46. The first-order valence-corrected chi connectivity index (χ1v) is 12.8. The summed E-state index contributed by atoms with van der Waals surface area (Å²) in [5.74, 6) is -0.217. The van der Waals surface area contributed by atoms with E-state index < -0.39 is 5.57 Å². The second kappa shape index (κ2) is 10.1. The van der Waals surface area contributed by atoms with Gasteiger partial charge < -0.3 is 4.74 Å². The number of carbonyl (C=O) groups is 1. The summed E-state index contributed by atoms with van der Waals surface area (Å²) in [6, 6.07) is 1.42. The van der Waals surface area contributed by atoms with Crippen LogP contribution >= 0.6 is 21.8 Å². The van der Waals surface area contributed by atoms with Crippen molar-refractivity contribution in [3.05, 3.63) is 12.2 Å². The fourth-order valence-corrected chi connectivity index (χ4v) is 3.77. The SMILES string of the molecule is CC=CC(=O)OCCCCCCC[Si](C)(C)I. The van der Waals surface area contributed by atoms with Crippen LogP contribution in [0.2, 0.25) is 19.1 Å². The van der Waals surface area contributed by atoms with Gasteiger partial charge >= 0.3 is 5.97 Å². The molecular formula is C13H25IO2Si. The molecule has 0 unspecified atom stereocenters. The average molecular weight is 368 g/mol. The van der Waals surface area contributed by atoms with Gasteiger partial charge in [0.15, 0.2) is 0 Å². The zero-order valence-electron chi connectivity index (χ0n) is 11.3. The van der Waals surface area contributed by atoms with Crippen molar-refractivity contribution in [2.24, 2.45) is 0 Å². The van der Waals surface area contributed by atoms with Gasteiger partial charge in [0.25, 0.3) is 0 Å². The molecule has 0 N–H and O–H groups in total. The van der Waals surface area contributed by atoms with E-state index in [9.17, 15) is 4.79 Å². The van der Waals surface area contributed by atoms with Gasteiger partial charge in [-0.05, 0) is 19.4 Å². The standard InChI is InChI=1S/C13H25IO2Si/c1-4-10-13(15)16-11-8-6-5-7-9-12-17(2,3)14/h4,10H,5-9,11-12H2,1-3H3. The van der Waals surface area contributed by atoms with Crippen molar-refractivity contribution in [2.75, 3.05) is 6.61 Å². The number of halogens is 1. The van der Waals surface area contributed by atoms with E-state index in [2.05, 4.69) is 34.9 Å². The van der Waals surface area contributed by atoms with Gasteiger partial charge in [0.2, 0.25) is 0 Å². The van der Waals surface area contributed by atoms with Gasteiger partial charge in [-0.1, -0.05) is 44.9 Å². The molecule has 100 valence electrons. The van der Waals surface area contributed by atoms with Crippen molar-refractivity contribution >= 4 is 33.3 Å². The molecular weight excluding hydrogens is 343 g/mol. The molecule has 2 nitrogen and oxygen atoms in total. The molecule has 0 saturated carbocycles. The van der Waals surface area contributed by atoms with E-state index in [0.29, 0.717) is 6.61 Å². The maximum absolute atomic E-state index is 11.0. The summed E-state index contributed by atoms with van der Waals surface area (Å²) in [6.45, 7) is 7.21. The third-order valence-corrected chi connectivity index (χ3v) is 5.62. The molecule has 0 spiro atoms. The zero-order chi connectivity index (χ0) is 13.1. The summed E-state index contributed by atoms with van der Waals surface area (Å²) in [7, 11) is 0. The minimum absolute atomic E-state index is 0.217. The Morgan fingerprint density at radius 1 is 1.18 bits per heavy atom. The Hall–Kier alpha value is 0.157. The lowest BCUT2D eigenvalue weighted by molar-refractivity contribution is -0.137. The Balaban J connectivity index is 3.22. The topological polar surface area (TPSA) is 26.3 Å². The van der Waals surface area contributed by atoms with Crippen LogP contribution in [-0.4, -0.2) is 18.1 Å². The molecule has 0 bridgehead atoms. The smallest absolute Gasteiger partial charge is 0.330 e. The molecule has 0 amide bonds. The molecule has 0 heterocycles. The molecule has 0 fully saturated rings. The van der Waals surface area contributed by atoms with E-state index >= 15 is 0 Å². The molecule has 0 rings (SSSR count). The molecule has 0 aliphatic rings. The molecule has 0 radical (unpaired) electrons. The molecule has 0 saturated heterocycles. The highest BCUT2D eigenvalue weighted by atomic mass is 127. The molecule has 0 aromatic carbocycles. The normalized spacial score (nSPS) is 12.0. The highest BCUT2D eigenvalue weighted by Gasteiger charge is 2.14. The quantitative estimate of drug-likeness (QED) is 0.147. The predicted octanol–water partition coefficient (Wildman–Crippen LogP) is 4.70. The van der Waals surface area contributed by atoms with Crippen LogP contribution in [0.15, 0.2) is 12.2 Å². The van der Waals surface area contributed by atoms with E-state index in [1.54, 1.807) is 6.08 Å². The van der Waals surface area contributed by atoms with Gasteiger partial charge in [0, 0.05) is 6.08 Å². The van der Waals surface area contributed by atoms with Crippen molar-refractivity contribution in [2.45, 2.75) is 58.2 Å². The highest BCUT2D eigenvalue weighted by molar-refractivity contribution is 14.1. The molecule has 0 aromatic rings. The third kappa shape index (κ3) is 14.1. The average Bonchev–Trinajstić information content (AvgIpc) is 2.21. The van der Waals surface area contributed by atoms with Crippen LogP contribution in [0.25, 0.3) is 0 Å². The number of unbranched alkanes of at least 4 members (excludes halogenated alkanes) is 4. The van der Waals surface area contributed by atoms with Crippen molar-refractivity contribution < 1.29 is 9.53 Å². The minimum Gasteiger partial charge on any atom is -0.463 e. The van der Waals surface area contributed by atoms with Crippen LogP contribution in [-0.2, 0) is 9.53 Å². The summed E-state index contributed by atoms with van der Waals surface area (Å²) < 4.78 is 5.02. The lowest BCUT2D eigenvalue weighted by Crippen LogP contribution is -2.13. The van der Waals surface area contributed by atoms with E-state index in [-0.39, 0.29) is 5.97 Å². The molecule has 4 heteroatoms. The van der Waals surface area contributed by atoms with Crippen LogP contribution in [0.3, 0.4) is 0 Å². The predicted molar refractivity (Wildman–Crippen MR) is 85.2 cm³/mol. The van der Waals surface area contributed by atoms with E-state index in [0.717, 1.165) is 6.42 Å². The van der Waals surface area contributed by atoms with Crippen molar-refractivity contribution in [3.8, 4) is 0 Å². The van der Waals surface area contributed by atoms with Crippen molar-refractivity contribution in [3.63, 3.8) is 0 Å². The molecule has 0 aliphatic heterocycles. The van der Waals surface area contributed by atoms with Crippen LogP contribution in [0.4, 0.5) is 0 Å². The van der Waals surface area contributed by atoms with Crippen LogP contribution in [0, 0.1) is 0 Å². The highest BCUT2D eigenvalue weighted by Crippen LogP contribution is 2.21. The van der Waals surface area contributed by atoms with Gasteiger partial charge in [0.05, 0.1) is 6.61 Å². The molecule has 0 atom stereocenters. The van der Waals surface area contributed by atoms with Crippen LogP contribution in [0.5, 0.6) is 0 Å². The van der Waals surface area contributed by atoms with Gasteiger partial charge in [-0.3, -0.25) is 0 Å². The van der Waals surface area contributed by atoms with Crippen molar-refractivity contribution in [1.82, 2.24) is 0 Å². The van der Waals surface area contributed by atoms with E-state index in [1.807, 2.05) is 6.92 Å². The number of rotatable bonds is 9. The summed E-state index contributed by atoms with van der Waals surface area (Å²) >= 11 is 2.64. The molecule has 0 aromatic heterocycles. The van der Waals surface area contributed by atoms with Crippen molar-refractivity contribution in [1.29, 1.82) is 0 Å². The van der Waals surface area contributed by atoms with E-state index in [1.165, 1.54) is 37.8 Å². The van der Waals surface area contributed by atoms with Crippen LogP contribution < -0.4 is 0 Å². The van der Waals surface area contributed by atoms with Gasteiger partial charge in [-0.2, -0.15) is 0 Å². The number of carbonyl (C=O) groups excluding carboxylic acids is 1. The maximum atomic E-state index is 11.0. The summed E-state index contributed by atoms with van der Waals surface area (Å²) in [5, 5.41) is 0. The number of hydrogen-bond acceptors (Lipinski definition) is 2. The molecule has 17 heavy (non-hydrogen) atoms. The lowest BCUT2D eigenvalue weighted by atomic mass is 10.2. The Kier molecular flexibility index (Phi) is 10.2. The Morgan fingerprint density at radius 2 is 1.76 bits per heavy atom. The number of ether oxygens (including phenoxy) is 1. The minimum atomic E-state index is -0.864. The fraction of sp³-hybridized carbons (Fsp3) is 0.769. The lowest BCUT2D eigenvalue weighted by Gasteiger charge is -2.12. The van der Waals surface area contributed by atoms with Gasteiger partial charge in [-0.25, -0.2) is 4.79 Å². The second-order valence-electron chi connectivity index (χ2n) is 4.90. The second-order valence-corrected chi connectivity index (χ2v) is 17.6. The Labute approximate surface area is 119 Å².